The highest BCUT2D eigenvalue weighted by molar-refractivity contribution is 6.17. The Bertz CT molecular complexity index is 327. The molecule has 1 aromatic carbocycles. The van der Waals surface area contributed by atoms with E-state index in [-0.39, 0.29) is 17.2 Å². The van der Waals surface area contributed by atoms with Gasteiger partial charge in [-0.1, -0.05) is 0 Å². The molecular formula is C8H7ClF3NO. The third kappa shape index (κ3) is 2.99. The van der Waals surface area contributed by atoms with Crippen LogP contribution in [-0.4, -0.2) is 6.36 Å². The number of alkyl halides is 4. The second-order valence-corrected chi connectivity index (χ2v) is 2.82. The quantitative estimate of drug-likeness (QED) is 0.621. The lowest BCUT2D eigenvalue weighted by Gasteiger charge is -2.12. The van der Waals surface area contributed by atoms with Gasteiger partial charge in [-0.05, 0) is 18.2 Å². The van der Waals surface area contributed by atoms with E-state index in [1.54, 1.807) is 0 Å². The number of halogens is 4. The lowest BCUT2D eigenvalue weighted by atomic mass is 10.2. The second-order valence-electron chi connectivity index (χ2n) is 2.55. The number of nitrogens with two attached hydrogens (primary N) is 1. The van der Waals surface area contributed by atoms with Gasteiger partial charge >= 0.3 is 6.36 Å². The molecule has 78 valence electrons. The Balaban J connectivity index is 2.97. The molecule has 0 bridgehead atoms. The first-order chi connectivity index (χ1) is 6.42. The van der Waals surface area contributed by atoms with Crippen LogP contribution in [0.5, 0.6) is 5.75 Å². The van der Waals surface area contributed by atoms with E-state index in [4.69, 9.17) is 17.3 Å². The van der Waals surface area contributed by atoms with Crippen LogP contribution in [0.4, 0.5) is 18.9 Å². The van der Waals surface area contributed by atoms with E-state index in [2.05, 4.69) is 4.74 Å². The van der Waals surface area contributed by atoms with Crippen molar-refractivity contribution in [3.05, 3.63) is 23.8 Å². The zero-order valence-electron chi connectivity index (χ0n) is 6.94. The van der Waals surface area contributed by atoms with Crippen LogP contribution in [0.25, 0.3) is 0 Å². The van der Waals surface area contributed by atoms with E-state index in [9.17, 15) is 13.2 Å². The second kappa shape index (κ2) is 3.96. The van der Waals surface area contributed by atoms with E-state index in [1.165, 1.54) is 12.1 Å². The van der Waals surface area contributed by atoms with Gasteiger partial charge in [-0.15, -0.1) is 24.8 Å². The zero-order chi connectivity index (χ0) is 10.8. The van der Waals surface area contributed by atoms with Gasteiger partial charge in [0.2, 0.25) is 0 Å². The Morgan fingerprint density at radius 2 is 2.00 bits per heavy atom. The molecule has 0 unspecified atom stereocenters. The van der Waals surface area contributed by atoms with E-state index >= 15 is 0 Å². The molecule has 0 heterocycles. The monoisotopic (exact) mass is 225 g/mol. The standard InChI is InChI=1S/C8H7ClF3NO/c9-4-5-3-6(13)1-2-7(5)14-8(10,11)12/h1-3H,4,13H2. The molecule has 0 fully saturated rings. The van der Waals surface area contributed by atoms with Crippen LogP contribution < -0.4 is 10.5 Å². The predicted octanol–water partition coefficient (Wildman–Crippen LogP) is 2.91. The lowest BCUT2D eigenvalue weighted by Crippen LogP contribution is -2.18. The van der Waals surface area contributed by atoms with Crippen molar-refractivity contribution in [3.63, 3.8) is 0 Å². The molecule has 0 atom stereocenters. The molecular weight excluding hydrogens is 219 g/mol. The molecule has 0 saturated heterocycles. The van der Waals surface area contributed by atoms with Crippen molar-refractivity contribution in [2.75, 3.05) is 5.73 Å². The van der Waals surface area contributed by atoms with Gasteiger partial charge in [-0.3, -0.25) is 0 Å². The maximum atomic E-state index is 11.9. The minimum atomic E-state index is -4.71. The third-order valence-corrected chi connectivity index (χ3v) is 1.74. The van der Waals surface area contributed by atoms with Crippen molar-refractivity contribution < 1.29 is 17.9 Å². The number of hydrogen-bond acceptors (Lipinski definition) is 2. The molecule has 0 aliphatic heterocycles. The van der Waals surface area contributed by atoms with Gasteiger partial charge < -0.3 is 10.5 Å². The zero-order valence-corrected chi connectivity index (χ0v) is 7.69. The Morgan fingerprint density at radius 1 is 1.36 bits per heavy atom. The molecule has 6 heteroatoms. The number of benzene rings is 1. The van der Waals surface area contributed by atoms with Gasteiger partial charge in [0.15, 0.2) is 0 Å². The highest BCUT2D eigenvalue weighted by Gasteiger charge is 2.31. The Labute approximate surface area is 83.4 Å². The van der Waals surface area contributed by atoms with Crippen molar-refractivity contribution >= 4 is 17.3 Å². The molecule has 1 aromatic rings. The molecule has 0 aliphatic carbocycles. The van der Waals surface area contributed by atoms with Crippen molar-refractivity contribution in [1.82, 2.24) is 0 Å². The fourth-order valence-corrected chi connectivity index (χ4v) is 1.14. The van der Waals surface area contributed by atoms with Crippen LogP contribution >= 0.6 is 11.6 Å². The molecule has 1 rings (SSSR count). The molecule has 0 spiro atoms. The van der Waals surface area contributed by atoms with E-state index in [0.29, 0.717) is 5.69 Å². The summed E-state index contributed by atoms with van der Waals surface area (Å²) in [6.45, 7) is 0. The molecule has 0 radical (unpaired) electrons. The highest BCUT2D eigenvalue weighted by Crippen LogP contribution is 2.28. The Kier molecular flexibility index (Phi) is 3.10. The van der Waals surface area contributed by atoms with E-state index < -0.39 is 6.36 Å². The summed E-state index contributed by atoms with van der Waals surface area (Å²) >= 11 is 5.43. The van der Waals surface area contributed by atoms with Crippen LogP contribution in [0.3, 0.4) is 0 Å². The first-order valence-electron chi connectivity index (χ1n) is 3.62. The number of hydrogen-bond donors (Lipinski definition) is 1. The van der Waals surface area contributed by atoms with Crippen LogP contribution in [0.1, 0.15) is 5.56 Å². The fourth-order valence-electron chi connectivity index (χ4n) is 0.928. The average molecular weight is 226 g/mol. The van der Waals surface area contributed by atoms with E-state index in [0.717, 1.165) is 6.07 Å². The summed E-state index contributed by atoms with van der Waals surface area (Å²) in [5.74, 6) is -0.405. The molecule has 14 heavy (non-hydrogen) atoms. The molecule has 2 nitrogen and oxygen atoms in total. The van der Waals surface area contributed by atoms with Gasteiger partial charge in [-0.25, -0.2) is 0 Å². The largest absolute Gasteiger partial charge is 0.573 e. The Hall–Kier alpha value is -1.10. The normalized spacial score (nSPS) is 11.4. The highest BCUT2D eigenvalue weighted by atomic mass is 35.5. The minimum absolute atomic E-state index is 0.0869. The summed E-state index contributed by atoms with van der Waals surface area (Å²) in [7, 11) is 0. The summed E-state index contributed by atoms with van der Waals surface area (Å²) in [4.78, 5) is 0. The number of rotatable bonds is 2. The maximum absolute atomic E-state index is 11.9. The molecule has 0 amide bonds. The smallest absolute Gasteiger partial charge is 0.405 e. The van der Waals surface area contributed by atoms with E-state index in [1.807, 2.05) is 0 Å². The molecule has 0 aromatic heterocycles. The van der Waals surface area contributed by atoms with Gasteiger partial charge in [0.1, 0.15) is 5.75 Å². The summed E-state index contributed by atoms with van der Waals surface area (Å²) in [5, 5.41) is 0. The van der Waals surface area contributed by atoms with Gasteiger partial charge in [0, 0.05) is 11.3 Å². The van der Waals surface area contributed by atoms with Crippen molar-refractivity contribution in [3.8, 4) is 5.75 Å². The lowest BCUT2D eigenvalue weighted by molar-refractivity contribution is -0.274. The summed E-state index contributed by atoms with van der Waals surface area (Å²) in [6.07, 6.45) is -4.71. The van der Waals surface area contributed by atoms with Crippen molar-refractivity contribution in [2.45, 2.75) is 12.2 Å². The average Bonchev–Trinajstić information content (AvgIpc) is 2.06. The van der Waals surface area contributed by atoms with Crippen LogP contribution in [0.15, 0.2) is 18.2 Å². The molecule has 2 N–H and O–H groups in total. The van der Waals surface area contributed by atoms with Crippen molar-refractivity contribution in [2.24, 2.45) is 0 Å². The van der Waals surface area contributed by atoms with Crippen LogP contribution in [-0.2, 0) is 5.88 Å². The van der Waals surface area contributed by atoms with Gasteiger partial charge in [0.05, 0.1) is 5.88 Å². The van der Waals surface area contributed by atoms with Gasteiger partial charge in [0.25, 0.3) is 0 Å². The molecule has 0 saturated carbocycles. The van der Waals surface area contributed by atoms with Crippen LogP contribution in [0, 0.1) is 0 Å². The maximum Gasteiger partial charge on any atom is 0.573 e. The SMILES string of the molecule is Nc1ccc(OC(F)(F)F)c(CCl)c1. The fraction of sp³-hybridized carbons (Fsp3) is 0.250. The predicted molar refractivity (Wildman–Crippen MR) is 47.1 cm³/mol. The summed E-state index contributed by atoms with van der Waals surface area (Å²) in [5.41, 5.74) is 5.93. The number of anilines is 1. The third-order valence-electron chi connectivity index (χ3n) is 1.45. The summed E-state index contributed by atoms with van der Waals surface area (Å²) in [6, 6.07) is 3.80. The number of ether oxygens (including phenoxy) is 1. The van der Waals surface area contributed by atoms with Crippen molar-refractivity contribution in [1.29, 1.82) is 0 Å². The van der Waals surface area contributed by atoms with Crippen LogP contribution in [0.2, 0.25) is 0 Å². The first kappa shape index (κ1) is 11.0. The van der Waals surface area contributed by atoms with Gasteiger partial charge in [-0.2, -0.15) is 0 Å². The molecule has 0 aliphatic rings. The minimum Gasteiger partial charge on any atom is -0.405 e. The Morgan fingerprint density at radius 3 is 2.50 bits per heavy atom. The topological polar surface area (TPSA) is 35.2 Å². The summed E-state index contributed by atoms with van der Waals surface area (Å²) < 4.78 is 39.3. The number of nitrogen functional groups attached to an aromatic ring is 1. The first-order valence-corrected chi connectivity index (χ1v) is 4.16.